The fourth-order valence-corrected chi connectivity index (χ4v) is 4.50. The maximum absolute atomic E-state index is 11.1. The Balaban J connectivity index is 1.25. The Morgan fingerprint density at radius 2 is 1.58 bits per heavy atom. The molecule has 0 amide bonds. The van der Waals surface area contributed by atoms with Gasteiger partial charge < -0.3 is 19.3 Å². The SMILES string of the molecule is Cc1ccc(OCC2(O)COCCN(Cc3ccc(OCCN4CCCCC4)cc3)C2)cc1. The molecule has 6 nitrogen and oxygen atoms in total. The van der Waals surface area contributed by atoms with Crippen LogP contribution in [0.2, 0.25) is 0 Å². The lowest BCUT2D eigenvalue weighted by Crippen LogP contribution is -2.48. The highest BCUT2D eigenvalue weighted by molar-refractivity contribution is 5.28. The van der Waals surface area contributed by atoms with Gasteiger partial charge in [-0.15, -0.1) is 0 Å². The molecule has 0 aliphatic carbocycles. The lowest BCUT2D eigenvalue weighted by atomic mass is 10.1. The van der Waals surface area contributed by atoms with Crippen molar-refractivity contribution in [1.82, 2.24) is 9.80 Å². The largest absolute Gasteiger partial charge is 0.492 e. The van der Waals surface area contributed by atoms with Crippen LogP contribution in [0.25, 0.3) is 0 Å². The zero-order valence-corrected chi connectivity index (χ0v) is 19.9. The fraction of sp³-hybridized carbons (Fsp3) is 0.556. The van der Waals surface area contributed by atoms with Gasteiger partial charge in [-0.25, -0.2) is 0 Å². The van der Waals surface area contributed by atoms with Crippen molar-refractivity contribution in [2.45, 2.75) is 38.3 Å². The number of β-amino-alcohol motifs (C(OH)–C–C–N with tert-alkyl or cyclic N) is 1. The number of ether oxygens (including phenoxy) is 3. The molecule has 0 spiro atoms. The van der Waals surface area contributed by atoms with Crippen molar-refractivity contribution in [3.63, 3.8) is 0 Å². The summed E-state index contributed by atoms with van der Waals surface area (Å²) in [5.74, 6) is 1.68. The van der Waals surface area contributed by atoms with Crippen molar-refractivity contribution in [2.75, 3.05) is 59.2 Å². The molecule has 0 radical (unpaired) electrons. The number of aryl methyl sites for hydroxylation is 1. The molecule has 2 aromatic rings. The van der Waals surface area contributed by atoms with Crippen LogP contribution in [0.5, 0.6) is 11.5 Å². The van der Waals surface area contributed by atoms with Gasteiger partial charge >= 0.3 is 0 Å². The van der Waals surface area contributed by atoms with E-state index in [9.17, 15) is 5.11 Å². The first kappa shape index (κ1) is 24.0. The number of nitrogens with zero attached hydrogens (tertiary/aromatic N) is 2. The van der Waals surface area contributed by atoms with E-state index in [4.69, 9.17) is 14.2 Å². The number of aliphatic hydroxyl groups is 1. The highest BCUT2D eigenvalue weighted by Crippen LogP contribution is 2.20. The highest BCUT2D eigenvalue weighted by atomic mass is 16.5. The van der Waals surface area contributed by atoms with E-state index < -0.39 is 5.60 Å². The first-order valence-electron chi connectivity index (χ1n) is 12.2. The van der Waals surface area contributed by atoms with Crippen LogP contribution in [-0.2, 0) is 11.3 Å². The third-order valence-corrected chi connectivity index (χ3v) is 6.42. The van der Waals surface area contributed by atoms with Crippen LogP contribution < -0.4 is 9.47 Å². The summed E-state index contributed by atoms with van der Waals surface area (Å²) in [6.45, 7) is 9.30. The molecular formula is C27H38N2O4. The van der Waals surface area contributed by atoms with Gasteiger partial charge in [-0.2, -0.15) is 0 Å². The Hall–Kier alpha value is -2.12. The Morgan fingerprint density at radius 1 is 0.879 bits per heavy atom. The molecule has 0 aromatic heterocycles. The molecule has 1 N–H and O–H groups in total. The molecule has 1 atom stereocenters. The van der Waals surface area contributed by atoms with Crippen LogP contribution >= 0.6 is 0 Å². The maximum atomic E-state index is 11.1. The van der Waals surface area contributed by atoms with E-state index in [2.05, 4.69) is 21.9 Å². The summed E-state index contributed by atoms with van der Waals surface area (Å²) >= 11 is 0. The number of likely N-dealkylation sites (tertiary alicyclic amines) is 1. The van der Waals surface area contributed by atoms with Crippen LogP contribution in [0.4, 0.5) is 0 Å². The number of hydrogen-bond acceptors (Lipinski definition) is 6. The smallest absolute Gasteiger partial charge is 0.134 e. The van der Waals surface area contributed by atoms with E-state index in [1.54, 1.807) is 0 Å². The molecule has 6 heteroatoms. The summed E-state index contributed by atoms with van der Waals surface area (Å²) < 4.78 is 17.5. The van der Waals surface area contributed by atoms with E-state index >= 15 is 0 Å². The molecule has 180 valence electrons. The van der Waals surface area contributed by atoms with Crippen molar-refractivity contribution in [3.8, 4) is 11.5 Å². The predicted molar refractivity (Wildman–Crippen MR) is 130 cm³/mol. The van der Waals surface area contributed by atoms with E-state index in [1.165, 1.54) is 43.5 Å². The van der Waals surface area contributed by atoms with Gasteiger partial charge in [0.15, 0.2) is 0 Å². The monoisotopic (exact) mass is 454 g/mol. The van der Waals surface area contributed by atoms with E-state index in [-0.39, 0.29) is 13.2 Å². The van der Waals surface area contributed by atoms with Gasteiger partial charge in [0, 0.05) is 26.2 Å². The first-order valence-corrected chi connectivity index (χ1v) is 12.2. The number of rotatable bonds is 9. The van der Waals surface area contributed by atoms with Gasteiger partial charge in [0.1, 0.15) is 30.3 Å². The van der Waals surface area contributed by atoms with Crippen molar-refractivity contribution in [3.05, 3.63) is 59.7 Å². The molecule has 4 rings (SSSR count). The Bertz CT molecular complexity index is 836. The lowest BCUT2D eigenvalue weighted by Gasteiger charge is -2.30. The minimum absolute atomic E-state index is 0.205. The average Bonchev–Trinajstić information content (AvgIpc) is 3.02. The minimum atomic E-state index is -1.04. The quantitative estimate of drug-likeness (QED) is 0.626. The zero-order valence-electron chi connectivity index (χ0n) is 19.9. The molecule has 2 saturated heterocycles. The molecule has 2 fully saturated rings. The molecule has 1 unspecified atom stereocenters. The van der Waals surface area contributed by atoms with Crippen LogP contribution in [-0.4, -0.2) is 79.7 Å². The maximum Gasteiger partial charge on any atom is 0.134 e. The molecule has 2 aliphatic rings. The van der Waals surface area contributed by atoms with Gasteiger partial charge in [-0.05, 0) is 62.7 Å². The molecule has 2 heterocycles. The molecule has 33 heavy (non-hydrogen) atoms. The summed E-state index contributed by atoms with van der Waals surface area (Å²) in [5.41, 5.74) is 1.34. The van der Waals surface area contributed by atoms with Gasteiger partial charge in [0.05, 0.1) is 13.2 Å². The van der Waals surface area contributed by atoms with E-state index in [1.807, 2.05) is 43.3 Å². The Morgan fingerprint density at radius 3 is 2.33 bits per heavy atom. The fourth-order valence-electron chi connectivity index (χ4n) is 4.50. The van der Waals surface area contributed by atoms with Gasteiger partial charge in [-0.3, -0.25) is 9.80 Å². The minimum Gasteiger partial charge on any atom is -0.492 e. The Kier molecular flexibility index (Phi) is 8.62. The molecule has 0 saturated carbocycles. The molecule has 0 bridgehead atoms. The molecule has 2 aliphatic heterocycles. The van der Waals surface area contributed by atoms with Gasteiger partial charge in [0.25, 0.3) is 0 Å². The molecular weight excluding hydrogens is 416 g/mol. The van der Waals surface area contributed by atoms with E-state index in [0.29, 0.717) is 13.2 Å². The van der Waals surface area contributed by atoms with Crippen molar-refractivity contribution < 1.29 is 19.3 Å². The second kappa shape index (κ2) is 11.8. The van der Waals surface area contributed by atoms with E-state index in [0.717, 1.165) is 37.7 Å². The zero-order chi connectivity index (χ0) is 22.9. The van der Waals surface area contributed by atoms with Crippen LogP contribution in [0.15, 0.2) is 48.5 Å². The normalized spacial score (nSPS) is 22.6. The summed E-state index contributed by atoms with van der Waals surface area (Å²) in [4.78, 5) is 4.72. The average molecular weight is 455 g/mol. The van der Waals surface area contributed by atoms with Crippen molar-refractivity contribution in [2.24, 2.45) is 0 Å². The summed E-state index contributed by atoms with van der Waals surface area (Å²) in [6.07, 6.45) is 3.98. The van der Waals surface area contributed by atoms with Crippen LogP contribution in [0.3, 0.4) is 0 Å². The topological polar surface area (TPSA) is 54.4 Å². The molecule has 2 aromatic carbocycles. The predicted octanol–water partition coefficient (Wildman–Crippen LogP) is 3.50. The lowest BCUT2D eigenvalue weighted by molar-refractivity contribution is -0.0646. The standard InChI is InChI=1S/C27H38N2O4/c1-23-5-9-26(10-6-23)33-22-27(30)20-29(15-17-31-21-27)19-24-7-11-25(12-8-24)32-18-16-28-13-3-2-4-14-28/h5-12,30H,2-4,13-22H2,1H3. The van der Waals surface area contributed by atoms with Crippen molar-refractivity contribution >= 4 is 0 Å². The number of piperidine rings is 1. The second-order valence-corrected chi connectivity index (χ2v) is 9.48. The van der Waals surface area contributed by atoms with Crippen LogP contribution in [0, 0.1) is 6.92 Å². The second-order valence-electron chi connectivity index (χ2n) is 9.48. The van der Waals surface area contributed by atoms with Crippen molar-refractivity contribution in [1.29, 1.82) is 0 Å². The first-order chi connectivity index (χ1) is 16.1. The summed E-state index contributed by atoms with van der Waals surface area (Å²) in [6, 6.07) is 16.2. The Labute approximate surface area is 198 Å². The summed E-state index contributed by atoms with van der Waals surface area (Å²) in [5, 5.41) is 11.1. The van der Waals surface area contributed by atoms with Gasteiger partial charge in [0.2, 0.25) is 0 Å². The third-order valence-electron chi connectivity index (χ3n) is 6.42. The number of benzene rings is 2. The summed E-state index contributed by atoms with van der Waals surface area (Å²) in [7, 11) is 0. The number of hydrogen-bond donors (Lipinski definition) is 1. The highest BCUT2D eigenvalue weighted by Gasteiger charge is 2.33. The third kappa shape index (κ3) is 7.71. The van der Waals surface area contributed by atoms with Gasteiger partial charge in [-0.1, -0.05) is 36.2 Å². The van der Waals surface area contributed by atoms with Crippen LogP contribution in [0.1, 0.15) is 30.4 Å².